The van der Waals surface area contributed by atoms with Crippen LogP contribution < -0.4 is 0 Å². The Kier molecular flexibility index (Phi) is 7.94. The Labute approximate surface area is 194 Å². The van der Waals surface area contributed by atoms with Crippen LogP contribution in [0.2, 0.25) is 0 Å². The Morgan fingerprint density at radius 1 is 1.03 bits per heavy atom. The second-order valence-corrected chi connectivity index (χ2v) is 7.74. The second kappa shape index (κ2) is 10.9. The van der Waals surface area contributed by atoms with Crippen LogP contribution in [-0.2, 0) is 9.53 Å². The molecule has 2 N–H and O–H groups in total. The number of ether oxygens (including phenoxy) is 1. The molecule has 1 aliphatic rings. The number of phenolic OH excluding ortho intramolecular Hbond substituents is 2. The summed E-state index contributed by atoms with van der Waals surface area (Å²) in [5.41, 5.74) is 0.281. The van der Waals surface area contributed by atoms with Crippen molar-refractivity contribution in [1.82, 2.24) is 0 Å². The van der Waals surface area contributed by atoms with Crippen LogP contribution >= 0.6 is 0 Å². The maximum Gasteiger partial charge on any atom is 0.450 e. The number of hydrogen-bond acceptors (Lipinski definition) is 5. The molecule has 1 aliphatic heterocycles. The number of allylic oxidation sites excluding steroid dienone is 4. The van der Waals surface area contributed by atoms with Gasteiger partial charge >= 0.3 is 12.1 Å². The third-order valence-electron chi connectivity index (χ3n) is 5.13. The van der Waals surface area contributed by atoms with Crippen molar-refractivity contribution in [2.75, 3.05) is 0 Å². The SMILES string of the molecule is O=C1O[C@@H](c2ccccc2)C/C=C/CC/C=C/C(CC(=O)C(F)(F)F)=C/c2cc(O)cc(O)c21. The van der Waals surface area contributed by atoms with Crippen LogP contribution in [0.4, 0.5) is 13.2 Å². The zero-order chi connectivity index (χ0) is 24.7. The topological polar surface area (TPSA) is 83.8 Å². The molecular weight excluding hydrogens is 449 g/mol. The molecule has 0 spiro atoms. The Hall–Kier alpha value is -3.81. The maximum absolute atomic E-state index is 13.1. The van der Waals surface area contributed by atoms with Gasteiger partial charge < -0.3 is 14.9 Å². The maximum atomic E-state index is 13.1. The van der Waals surface area contributed by atoms with Gasteiger partial charge in [-0.05, 0) is 35.6 Å². The van der Waals surface area contributed by atoms with E-state index in [2.05, 4.69) is 0 Å². The number of fused-ring (bicyclic) bond motifs is 1. The summed E-state index contributed by atoms with van der Waals surface area (Å²) in [5.74, 6) is -3.89. The van der Waals surface area contributed by atoms with Crippen LogP contribution in [-0.4, -0.2) is 28.1 Å². The third-order valence-corrected chi connectivity index (χ3v) is 5.13. The standard InChI is InChI=1S/C26H23F3O5/c27-26(28,29)23(32)14-17-9-5-2-1-3-8-12-22(18-10-6-4-7-11-18)34-25(33)24-19(13-17)15-20(30)16-21(24)31/h3-11,13,15-16,22,30-31H,1-2,12,14H2/b8-3+,9-5+,17-13-/t22-/m1/s1. The van der Waals surface area contributed by atoms with E-state index >= 15 is 0 Å². The monoisotopic (exact) mass is 472 g/mol. The van der Waals surface area contributed by atoms with Gasteiger partial charge in [-0.2, -0.15) is 13.2 Å². The van der Waals surface area contributed by atoms with E-state index in [1.807, 2.05) is 18.2 Å². The summed E-state index contributed by atoms with van der Waals surface area (Å²) in [6.07, 6.45) is 2.65. The Morgan fingerprint density at radius 2 is 1.74 bits per heavy atom. The zero-order valence-corrected chi connectivity index (χ0v) is 18.1. The lowest BCUT2D eigenvalue weighted by molar-refractivity contribution is -0.170. The minimum Gasteiger partial charge on any atom is -0.508 e. The van der Waals surface area contributed by atoms with Crippen molar-refractivity contribution in [1.29, 1.82) is 0 Å². The lowest BCUT2D eigenvalue weighted by atomic mass is 9.99. The first kappa shape index (κ1) is 24.8. The molecule has 0 saturated carbocycles. The van der Waals surface area contributed by atoms with Crippen molar-refractivity contribution in [3.63, 3.8) is 0 Å². The van der Waals surface area contributed by atoms with E-state index in [4.69, 9.17) is 4.74 Å². The summed E-state index contributed by atoms with van der Waals surface area (Å²) in [6.45, 7) is 0. The lowest BCUT2D eigenvalue weighted by Crippen LogP contribution is -2.22. The van der Waals surface area contributed by atoms with Crippen molar-refractivity contribution in [2.45, 2.75) is 38.0 Å². The predicted molar refractivity (Wildman–Crippen MR) is 120 cm³/mol. The molecule has 1 atom stereocenters. The average Bonchev–Trinajstić information content (AvgIpc) is 2.76. The molecule has 0 amide bonds. The number of esters is 1. The molecule has 0 fully saturated rings. The molecular formula is C26H23F3O5. The number of phenols is 2. The Bertz CT molecular complexity index is 1130. The second-order valence-electron chi connectivity index (χ2n) is 7.74. The third kappa shape index (κ3) is 6.60. The molecule has 0 aromatic heterocycles. The molecule has 0 bridgehead atoms. The number of benzene rings is 2. The van der Waals surface area contributed by atoms with Crippen LogP contribution in [0.1, 0.15) is 53.3 Å². The average molecular weight is 472 g/mol. The molecule has 8 heteroatoms. The molecule has 0 aliphatic carbocycles. The van der Waals surface area contributed by atoms with E-state index in [0.29, 0.717) is 19.3 Å². The van der Waals surface area contributed by atoms with E-state index in [1.54, 1.807) is 30.3 Å². The van der Waals surface area contributed by atoms with E-state index < -0.39 is 42.0 Å². The van der Waals surface area contributed by atoms with Crippen molar-refractivity contribution in [3.8, 4) is 11.5 Å². The van der Waals surface area contributed by atoms with Gasteiger partial charge in [0, 0.05) is 18.9 Å². The molecule has 5 nitrogen and oxygen atoms in total. The highest BCUT2D eigenvalue weighted by molar-refractivity contribution is 5.98. The highest BCUT2D eigenvalue weighted by atomic mass is 19.4. The molecule has 2 aromatic carbocycles. The Balaban J connectivity index is 2.09. The smallest absolute Gasteiger partial charge is 0.450 e. The number of aromatic hydroxyl groups is 2. The fourth-order valence-electron chi connectivity index (χ4n) is 3.49. The van der Waals surface area contributed by atoms with Crippen molar-refractivity contribution < 1.29 is 37.7 Å². The van der Waals surface area contributed by atoms with E-state index in [9.17, 15) is 33.0 Å². The van der Waals surface area contributed by atoms with Gasteiger partial charge in [0.15, 0.2) is 0 Å². The number of halogens is 3. The number of hydrogen-bond donors (Lipinski definition) is 2. The summed E-state index contributed by atoms with van der Waals surface area (Å²) in [7, 11) is 0. The first-order chi connectivity index (χ1) is 16.1. The Morgan fingerprint density at radius 3 is 2.44 bits per heavy atom. The summed E-state index contributed by atoms with van der Waals surface area (Å²) < 4.78 is 44.3. The number of rotatable bonds is 3. The minimum atomic E-state index is -5.03. The number of carbonyl (C=O) groups excluding carboxylic acids is 2. The number of ketones is 1. The number of Topliss-reactive ketones (excluding diaryl/α,β-unsaturated/α-hetero) is 1. The van der Waals surface area contributed by atoms with Gasteiger partial charge in [-0.15, -0.1) is 0 Å². The van der Waals surface area contributed by atoms with Crippen LogP contribution in [0.5, 0.6) is 11.5 Å². The molecule has 3 rings (SSSR count). The normalized spacial score (nSPS) is 20.7. The lowest BCUT2D eigenvalue weighted by Gasteiger charge is -2.19. The van der Waals surface area contributed by atoms with Gasteiger partial charge in [-0.1, -0.05) is 60.7 Å². The molecule has 0 radical (unpaired) electrons. The van der Waals surface area contributed by atoms with Gasteiger partial charge in [0.25, 0.3) is 0 Å². The fraction of sp³-hybridized carbons (Fsp3) is 0.231. The van der Waals surface area contributed by atoms with Crippen LogP contribution in [0, 0.1) is 0 Å². The number of carbonyl (C=O) groups is 2. The first-order valence-corrected chi connectivity index (χ1v) is 10.6. The van der Waals surface area contributed by atoms with Crippen molar-refractivity contribution in [3.05, 3.63) is 89.0 Å². The van der Waals surface area contributed by atoms with Crippen LogP contribution in [0.3, 0.4) is 0 Å². The highest BCUT2D eigenvalue weighted by Crippen LogP contribution is 2.33. The molecule has 1 heterocycles. The molecule has 34 heavy (non-hydrogen) atoms. The van der Waals surface area contributed by atoms with Crippen LogP contribution in [0.25, 0.3) is 6.08 Å². The molecule has 178 valence electrons. The minimum absolute atomic E-state index is 0.0398. The summed E-state index contributed by atoms with van der Waals surface area (Å²) in [6, 6.07) is 11.0. The summed E-state index contributed by atoms with van der Waals surface area (Å²) in [4.78, 5) is 24.7. The number of alkyl halides is 3. The van der Waals surface area contributed by atoms with Gasteiger partial charge in [-0.3, -0.25) is 4.79 Å². The fourth-order valence-corrected chi connectivity index (χ4v) is 3.49. The van der Waals surface area contributed by atoms with Gasteiger partial charge in [0.1, 0.15) is 23.2 Å². The van der Waals surface area contributed by atoms with Crippen molar-refractivity contribution in [2.24, 2.45) is 0 Å². The zero-order valence-electron chi connectivity index (χ0n) is 18.1. The highest BCUT2D eigenvalue weighted by Gasteiger charge is 2.38. The summed E-state index contributed by atoms with van der Waals surface area (Å²) in [5, 5.41) is 20.3. The van der Waals surface area contributed by atoms with Gasteiger partial charge in [0.2, 0.25) is 5.78 Å². The van der Waals surface area contributed by atoms with Crippen molar-refractivity contribution >= 4 is 17.8 Å². The quantitative estimate of drug-likeness (QED) is 0.411. The van der Waals surface area contributed by atoms with E-state index in [1.165, 1.54) is 6.08 Å². The predicted octanol–water partition coefficient (Wildman–Crippen LogP) is 6.20. The first-order valence-electron chi connectivity index (χ1n) is 10.6. The summed E-state index contributed by atoms with van der Waals surface area (Å²) >= 11 is 0. The van der Waals surface area contributed by atoms with Gasteiger partial charge in [-0.25, -0.2) is 4.79 Å². The molecule has 0 unspecified atom stereocenters. The van der Waals surface area contributed by atoms with E-state index in [-0.39, 0.29) is 16.7 Å². The number of cyclic esters (lactones) is 1. The molecule has 2 aromatic rings. The largest absolute Gasteiger partial charge is 0.508 e. The van der Waals surface area contributed by atoms with Crippen LogP contribution in [0.15, 0.2) is 72.3 Å². The molecule has 0 saturated heterocycles. The van der Waals surface area contributed by atoms with Gasteiger partial charge in [0.05, 0.1) is 0 Å². The van der Waals surface area contributed by atoms with E-state index in [0.717, 1.165) is 23.8 Å².